The predicted octanol–water partition coefficient (Wildman–Crippen LogP) is 2.38. The molecule has 2 saturated heterocycles. The predicted molar refractivity (Wildman–Crippen MR) is 147 cm³/mol. The summed E-state index contributed by atoms with van der Waals surface area (Å²) in [5, 5.41) is 4.98. The third-order valence-corrected chi connectivity index (χ3v) is 8.23. The van der Waals surface area contributed by atoms with Gasteiger partial charge in [-0.2, -0.15) is 5.10 Å². The number of amides is 1. The Labute approximate surface area is 228 Å². The fraction of sp³-hybridized carbons (Fsp3) is 0.630. The summed E-state index contributed by atoms with van der Waals surface area (Å²) >= 11 is -2.17. The van der Waals surface area contributed by atoms with E-state index in [0.717, 1.165) is 56.8 Å². The Hall–Kier alpha value is -2.15. The van der Waals surface area contributed by atoms with E-state index in [1.54, 1.807) is 24.1 Å². The molecule has 3 heterocycles. The van der Waals surface area contributed by atoms with E-state index in [1.165, 1.54) is 0 Å². The molecule has 0 aliphatic carbocycles. The number of methoxy groups -OCH3 is 1. The lowest BCUT2D eigenvalue weighted by molar-refractivity contribution is 0.0297. The van der Waals surface area contributed by atoms with Gasteiger partial charge in [0.05, 0.1) is 36.5 Å². The molecule has 2 aromatic rings. The molecule has 2 fully saturated rings. The average molecular weight is 548 g/mol. The van der Waals surface area contributed by atoms with Crippen molar-refractivity contribution in [2.24, 2.45) is 0 Å². The molecule has 0 radical (unpaired) electrons. The summed E-state index contributed by atoms with van der Waals surface area (Å²) in [4.78, 5) is 20.5. The third-order valence-electron chi connectivity index (χ3n) is 7.49. The number of carbonyl (C=O) groups excluding carboxylic acids is 1. The van der Waals surface area contributed by atoms with Crippen LogP contribution < -0.4 is 0 Å². The van der Waals surface area contributed by atoms with Gasteiger partial charge in [-0.3, -0.25) is 14.4 Å². The van der Waals surface area contributed by atoms with Crippen LogP contribution in [0.1, 0.15) is 41.9 Å². The molecule has 2 aliphatic heterocycles. The van der Waals surface area contributed by atoms with Crippen molar-refractivity contribution < 1.29 is 23.0 Å². The second-order valence-electron chi connectivity index (χ2n) is 10.0. The Balaban J connectivity index is 1.69. The van der Waals surface area contributed by atoms with Crippen molar-refractivity contribution in [1.29, 1.82) is 0 Å². The van der Waals surface area contributed by atoms with Gasteiger partial charge in [0.1, 0.15) is 0 Å². The highest BCUT2D eigenvalue weighted by molar-refractivity contribution is 7.79. The molecule has 11 heteroatoms. The molecule has 10 nitrogen and oxygen atoms in total. The fourth-order valence-electron chi connectivity index (χ4n) is 5.36. The number of benzene rings is 1. The highest BCUT2D eigenvalue weighted by atomic mass is 32.2. The normalized spacial score (nSPS) is 19.7. The van der Waals surface area contributed by atoms with Crippen LogP contribution in [0.15, 0.2) is 29.2 Å². The number of likely N-dealkylation sites (tertiary alicyclic amines) is 1. The lowest BCUT2D eigenvalue weighted by atomic mass is 10.0. The average Bonchev–Trinajstić information content (AvgIpc) is 3.34. The molecule has 0 saturated carbocycles. The molecule has 4 rings (SSSR count). The molecule has 0 spiro atoms. The van der Waals surface area contributed by atoms with E-state index in [9.17, 15) is 13.6 Å². The summed E-state index contributed by atoms with van der Waals surface area (Å²) in [6.45, 7) is 9.43. The summed E-state index contributed by atoms with van der Waals surface area (Å²) in [5.41, 5.74) is 2.72. The molecule has 1 N–H and O–H groups in total. The van der Waals surface area contributed by atoms with Crippen LogP contribution in [0, 0.1) is 0 Å². The maximum atomic E-state index is 13.7. The quantitative estimate of drug-likeness (QED) is 0.428. The maximum Gasteiger partial charge on any atom is 0.274 e. The second-order valence-corrected chi connectivity index (χ2v) is 11.0. The largest absolute Gasteiger partial charge is 0.383 e. The molecule has 1 amide bonds. The zero-order chi connectivity index (χ0) is 27.1. The lowest BCUT2D eigenvalue weighted by Gasteiger charge is -2.34. The van der Waals surface area contributed by atoms with Gasteiger partial charge in [-0.05, 0) is 38.9 Å². The number of morpholine rings is 1. The van der Waals surface area contributed by atoms with Gasteiger partial charge in [-0.25, -0.2) is 4.21 Å². The molecule has 1 aromatic carbocycles. The lowest BCUT2D eigenvalue weighted by Crippen LogP contribution is -2.42. The minimum Gasteiger partial charge on any atom is -0.383 e. The van der Waals surface area contributed by atoms with E-state index >= 15 is 0 Å². The van der Waals surface area contributed by atoms with Gasteiger partial charge in [-0.15, -0.1) is 0 Å². The monoisotopic (exact) mass is 547 g/mol. The number of carbonyl (C=O) groups is 1. The highest BCUT2D eigenvalue weighted by Gasteiger charge is 2.32. The van der Waals surface area contributed by atoms with Crippen LogP contribution in [0.5, 0.6) is 0 Å². The van der Waals surface area contributed by atoms with E-state index in [2.05, 4.69) is 16.8 Å². The first-order chi connectivity index (χ1) is 18.4. The van der Waals surface area contributed by atoms with Gasteiger partial charge >= 0.3 is 0 Å². The van der Waals surface area contributed by atoms with Gasteiger partial charge in [-0.1, -0.05) is 25.1 Å². The Morgan fingerprint density at radius 3 is 2.71 bits per heavy atom. The van der Waals surface area contributed by atoms with Gasteiger partial charge < -0.3 is 23.8 Å². The first kappa shape index (κ1) is 28.8. The fourth-order valence-corrected chi connectivity index (χ4v) is 5.91. The number of piperidine rings is 1. The molecule has 1 aromatic heterocycles. The molecular weight excluding hydrogens is 506 g/mol. The van der Waals surface area contributed by atoms with Crippen LogP contribution in [-0.2, 0) is 27.0 Å². The SMILES string of the molecule is CCc1c(C(=O)N2CCOCC2)nn([C@H]2CCCN(CCN(C)CCOC)C2)c1-c1ccccc1S(=O)O. The Morgan fingerprint density at radius 2 is 2.00 bits per heavy atom. The molecule has 0 bridgehead atoms. The highest BCUT2D eigenvalue weighted by Crippen LogP contribution is 2.36. The summed E-state index contributed by atoms with van der Waals surface area (Å²) in [6, 6.07) is 7.23. The molecule has 2 aliphatic rings. The number of nitrogens with zero attached hydrogens (tertiary/aromatic N) is 5. The van der Waals surface area contributed by atoms with E-state index < -0.39 is 11.1 Å². The van der Waals surface area contributed by atoms with Crippen molar-refractivity contribution in [1.82, 2.24) is 24.5 Å². The number of ether oxygens (including phenoxy) is 2. The number of hydrogen-bond acceptors (Lipinski definition) is 7. The van der Waals surface area contributed by atoms with Crippen molar-refractivity contribution in [3.05, 3.63) is 35.5 Å². The number of likely N-dealkylation sites (N-methyl/N-ethyl adjacent to an activating group) is 1. The minimum absolute atomic E-state index is 0.0553. The van der Waals surface area contributed by atoms with E-state index in [-0.39, 0.29) is 11.9 Å². The smallest absolute Gasteiger partial charge is 0.274 e. The van der Waals surface area contributed by atoms with Gasteiger partial charge in [0.2, 0.25) is 0 Å². The van der Waals surface area contributed by atoms with Gasteiger partial charge in [0.25, 0.3) is 5.91 Å². The van der Waals surface area contributed by atoms with E-state index in [4.69, 9.17) is 14.6 Å². The summed E-state index contributed by atoms with van der Waals surface area (Å²) in [6.07, 6.45) is 2.55. The van der Waals surface area contributed by atoms with Crippen molar-refractivity contribution in [3.63, 3.8) is 0 Å². The summed E-state index contributed by atoms with van der Waals surface area (Å²) < 4.78 is 35.1. The zero-order valence-electron chi connectivity index (χ0n) is 22.8. The molecule has 2 atom stereocenters. The molecular formula is C27H41N5O5S. The van der Waals surface area contributed by atoms with Crippen LogP contribution in [0.4, 0.5) is 0 Å². The zero-order valence-corrected chi connectivity index (χ0v) is 23.6. The van der Waals surface area contributed by atoms with Crippen molar-refractivity contribution >= 4 is 17.0 Å². The second kappa shape index (κ2) is 13.8. The standard InChI is InChI=1S/C27H41N5O5S/c1-4-22-25(27(33)31-15-18-37-19-16-31)28-32(26(22)23-9-5-6-10-24(23)38(34)35)21-8-7-11-30(20-21)13-12-29(2)14-17-36-3/h5-6,9-10,21H,4,7-8,11-20H2,1-3H3,(H,34,35)/t21-/m0/s1. The van der Waals surface area contributed by atoms with Crippen LogP contribution in [0.2, 0.25) is 0 Å². The van der Waals surface area contributed by atoms with E-state index in [0.29, 0.717) is 55.5 Å². The van der Waals surface area contributed by atoms with Crippen LogP contribution in [0.25, 0.3) is 11.3 Å². The van der Waals surface area contributed by atoms with Crippen LogP contribution in [-0.4, -0.2) is 119 Å². The third kappa shape index (κ3) is 6.70. The van der Waals surface area contributed by atoms with Crippen molar-refractivity contribution in [2.45, 2.75) is 37.1 Å². The Morgan fingerprint density at radius 1 is 1.24 bits per heavy atom. The van der Waals surface area contributed by atoms with Gasteiger partial charge in [0, 0.05) is 57.5 Å². The number of hydrogen-bond donors (Lipinski definition) is 1. The molecule has 210 valence electrons. The number of rotatable bonds is 11. The van der Waals surface area contributed by atoms with Crippen LogP contribution >= 0.6 is 0 Å². The summed E-state index contributed by atoms with van der Waals surface area (Å²) in [5.74, 6) is -0.0971. The first-order valence-corrected chi connectivity index (χ1v) is 14.6. The Kier molecular flexibility index (Phi) is 10.5. The molecule has 1 unspecified atom stereocenters. The number of aromatic nitrogens is 2. The van der Waals surface area contributed by atoms with Crippen LogP contribution in [0.3, 0.4) is 0 Å². The Bertz CT molecular complexity index is 1100. The topological polar surface area (TPSA) is 100 Å². The minimum atomic E-state index is -2.17. The summed E-state index contributed by atoms with van der Waals surface area (Å²) in [7, 11) is 3.83. The van der Waals surface area contributed by atoms with Crippen molar-refractivity contribution in [2.75, 3.05) is 79.8 Å². The van der Waals surface area contributed by atoms with Crippen molar-refractivity contribution in [3.8, 4) is 11.3 Å². The molecule has 38 heavy (non-hydrogen) atoms. The van der Waals surface area contributed by atoms with E-state index in [1.807, 2.05) is 23.7 Å². The first-order valence-electron chi connectivity index (χ1n) is 13.5. The maximum absolute atomic E-state index is 13.7. The van der Waals surface area contributed by atoms with Gasteiger partial charge in [0.15, 0.2) is 16.8 Å².